The zero-order valence-electron chi connectivity index (χ0n) is 17.2. The molecule has 0 unspecified atom stereocenters. The van der Waals surface area contributed by atoms with Gasteiger partial charge in [0.15, 0.2) is 11.5 Å². The number of benzene rings is 2. The largest absolute Gasteiger partial charge is 0.493 e. The second-order valence-corrected chi connectivity index (χ2v) is 7.68. The van der Waals surface area contributed by atoms with Gasteiger partial charge in [0.1, 0.15) is 0 Å². The summed E-state index contributed by atoms with van der Waals surface area (Å²) in [5.74, 6) is 1.68. The molecule has 29 heavy (non-hydrogen) atoms. The Balaban J connectivity index is 1.77. The van der Waals surface area contributed by atoms with Crippen molar-refractivity contribution in [3.8, 4) is 11.5 Å². The van der Waals surface area contributed by atoms with E-state index in [9.17, 15) is 4.79 Å². The second-order valence-electron chi connectivity index (χ2n) is 7.68. The fourth-order valence-corrected chi connectivity index (χ4v) is 4.52. The molecule has 1 aliphatic carbocycles. The molecule has 1 saturated carbocycles. The van der Waals surface area contributed by atoms with Crippen molar-refractivity contribution in [2.75, 3.05) is 21.3 Å². The minimum Gasteiger partial charge on any atom is -0.493 e. The number of rotatable bonds is 5. The van der Waals surface area contributed by atoms with Crippen LogP contribution in [0.2, 0.25) is 0 Å². The third kappa shape index (κ3) is 3.74. The van der Waals surface area contributed by atoms with Crippen LogP contribution in [-0.2, 0) is 16.0 Å². The minimum atomic E-state index is -0.236. The van der Waals surface area contributed by atoms with Gasteiger partial charge in [-0.3, -0.25) is 9.79 Å². The molecule has 0 saturated heterocycles. The number of hydrogen-bond acceptors (Lipinski definition) is 5. The molecule has 5 heteroatoms. The molecule has 2 aliphatic rings. The van der Waals surface area contributed by atoms with Gasteiger partial charge in [-0.1, -0.05) is 37.1 Å². The minimum absolute atomic E-state index is 0.236. The lowest BCUT2D eigenvalue weighted by molar-refractivity contribution is -0.139. The topological polar surface area (TPSA) is 57.1 Å². The molecule has 2 aromatic rings. The highest BCUT2D eigenvalue weighted by molar-refractivity contribution is 6.15. The molecule has 0 amide bonds. The zero-order valence-corrected chi connectivity index (χ0v) is 17.2. The van der Waals surface area contributed by atoms with Crippen LogP contribution in [0.4, 0.5) is 0 Å². The summed E-state index contributed by atoms with van der Waals surface area (Å²) < 4.78 is 15.9. The van der Waals surface area contributed by atoms with E-state index in [4.69, 9.17) is 19.2 Å². The van der Waals surface area contributed by atoms with Gasteiger partial charge in [-0.15, -0.1) is 0 Å². The van der Waals surface area contributed by atoms with Gasteiger partial charge in [0.05, 0.1) is 39.5 Å². The Labute approximate surface area is 171 Å². The van der Waals surface area contributed by atoms with Gasteiger partial charge in [-0.25, -0.2) is 0 Å². The molecule has 1 fully saturated rings. The summed E-state index contributed by atoms with van der Waals surface area (Å²) in [5.41, 5.74) is 5.40. The van der Waals surface area contributed by atoms with Crippen LogP contribution < -0.4 is 9.47 Å². The van der Waals surface area contributed by atoms with E-state index in [1.807, 2.05) is 24.3 Å². The fourth-order valence-electron chi connectivity index (χ4n) is 4.52. The Hall–Kier alpha value is -2.82. The van der Waals surface area contributed by atoms with Crippen LogP contribution in [0.3, 0.4) is 0 Å². The number of fused-ring (bicyclic) bond motifs is 3. The molecule has 152 valence electrons. The standard InChI is InChI=1S/C24H27NO4/c1-27-21-13-18-17-6-4-5-7-20(17)25-24(19(18)14-22(21)28-2)16-10-8-15(9-11-16)12-23(26)29-3/h8-11,13-14,17,20H,4-7,12H2,1-3H3/t17-,20-/m1/s1. The molecule has 0 N–H and O–H groups in total. The number of carbonyl (C=O) groups excluding carboxylic acids is 1. The average Bonchev–Trinajstić information content (AvgIpc) is 2.78. The fraction of sp³-hybridized carbons (Fsp3) is 0.417. The molecule has 0 bridgehead atoms. The highest BCUT2D eigenvalue weighted by Gasteiger charge is 2.34. The molecule has 0 aromatic heterocycles. The molecule has 5 nitrogen and oxygen atoms in total. The molecule has 2 aromatic carbocycles. The molecule has 4 rings (SSSR count). The van der Waals surface area contributed by atoms with Crippen molar-refractivity contribution in [1.82, 2.24) is 0 Å². The van der Waals surface area contributed by atoms with E-state index >= 15 is 0 Å². The SMILES string of the molecule is COC(=O)Cc1ccc(C2=N[C@@H]3CCCC[C@@H]3c3cc(OC)c(OC)cc32)cc1. The van der Waals surface area contributed by atoms with E-state index in [-0.39, 0.29) is 12.4 Å². The van der Waals surface area contributed by atoms with Crippen molar-refractivity contribution >= 4 is 11.7 Å². The smallest absolute Gasteiger partial charge is 0.309 e. The number of ether oxygens (including phenoxy) is 3. The van der Waals surface area contributed by atoms with Crippen LogP contribution >= 0.6 is 0 Å². The summed E-state index contributed by atoms with van der Waals surface area (Å²) in [6.07, 6.45) is 5.00. The van der Waals surface area contributed by atoms with E-state index in [0.717, 1.165) is 46.7 Å². The van der Waals surface area contributed by atoms with Crippen molar-refractivity contribution in [2.45, 2.75) is 44.1 Å². The van der Waals surface area contributed by atoms with Crippen molar-refractivity contribution in [3.05, 3.63) is 58.7 Å². The summed E-state index contributed by atoms with van der Waals surface area (Å²) in [7, 11) is 4.75. The first-order chi connectivity index (χ1) is 14.1. The van der Waals surface area contributed by atoms with Crippen LogP contribution in [0.25, 0.3) is 0 Å². The van der Waals surface area contributed by atoms with Gasteiger partial charge in [-0.05, 0) is 36.1 Å². The van der Waals surface area contributed by atoms with Crippen molar-refractivity contribution in [2.24, 2.45) is 4.99 Å². The van der Waals surface area contributed by atoms with Crippen LogP contribution in [0.15, 0.2) is 41.4 Å². The molecule has 1 heterocycles. The normalized spacial score (nSPS) is 20.2. The maximum Gasteiger partial charge on any atom is 0.309 e. The Morgan fingerprint density at radius 1 is 1.00 bits per heavy atom. The van der Waals surface area contributed by atoms with Gasteiger partial charge in [0.25, 0.3) is 0 Å². The average molecular weight is 393 g/mol. The summed E-state index contributed by atoms with van der Waals surface area (Å²) in [4.78, 5) is 16.7. The maximum absolute atomic E-state index is 11.5. The van der Waals surface area contributed by atoms with Gasteiger partial charge < -0.3 is 14.2 Å². The predicted molar refractivity (Wildman–Crippen MR) is 112 cm³/mol. The van der Waals surface area contributed by atoms with Crippen LogP contribution in [0.1, 0.15) is 53.9 Å². The predicted octanol–water partition coefficient (Wildman–Crippen LogP) is 4.30. The Morgan fingerprint density at radius 3 is 2.38 bits per heavy atom. The van der Waals surface area contributed by atoms with Crippen molar-refractivity contribution in [3.63, 3.8) is 0 Å². The van der Waals surface area contributed by atoms with Gasteiger partial charge in [0.2, 0.25) is 0 Å². The first kappa shape index (κ1) is 19.5. The molecule has 2 atom stereocenters. The van der Waals surface area contributed by atoms with Gasteiger partial charge in [0, 0.05) is 17.0 Å². The van der Waals surface area contributed by atoms with E-state index < -0.39 is 0 Å². The highest BCUT2D eigenvalue weighted by atomic mass is 16.5. The van der Waals surface area contributed by atoms with Crippen LogP contribution in [0.5, 0.6) is 11.5 Å². The first-order valence-electron chi connectivity index (χ1n) is 10.1. The number of carbonyl (C=O) groups is 1. The summed E-state index contributed by atoms with van der Waals surface area (Å²) in [6.45, 7) is 0. The number of esters is 1. The van der Waals surface area contributed by atoms with Crippen molar-refractivity contribution < 1.29 is 19.0 Å². The first-order valence-corrected chi connectivity index (χ1v) is 10.1. The second kappa shape index (κ2) is 8.27. The monoisotopic (exact) mass is 393 g/mol. The molecule has 0 spiro atoms. The number of methoxy groups -OCH3 is 3. The Kier molecular flexibility index (Phi) is 5.56. The third-order valence-corrected chi connectivity index (χ3v) is 6.04. The molecular formula is C24H27NO4. The summed E-state index contributed by atoms with van der Waals surface area (Å²) in [5, 5.41) is 0. The summed E-state index contributed by atoms with van der Waals surface area (Å²) in [6, 6.07) is 12.5. The Morgan fingerprint density at radius 2 is 1.69 bits per heavy atom. The highest BCUT2D eigenvalue weighted by Crippen LogP contribution is 2.44. The molecular weight excluding hydrogens is 366 g/mol. The van der Waals surface area contributed by atoms with Gasteiger partial charge in [-0.2, -0.15) is 0 Å². The van der Waals surface area contributed by atoms with E-state index in [0.29, 0.717) is 12.0 Å². The Bertz CT molecular complexity index is 933. The van der Waals surface area contributed by atoms with Crippen LogP contribution in [0, 0.1) is 0 Å². The number of aliphatic imine (C=N–C) groups is 1. The van der Waals surface area contributed by atoms with Crippen molar-refractivity contribution in [1.29, 1.82) is 0 Å². The lowest BCUT2D eigenvalue weighted by atomic mass is 9.75. The maximum atomic E-state index is 11.5. The lowest BCUT2D eigenvalue weighted by Crippen LogP contribution is -2.29. The zero-order chi connectivity index (χ0) is 20.4. The van der Waals surface area contributed by atoms with Gasteiger partial charge >= 0.3 is 5.97 Å². The molecule has 1 aliphatic heterocycles. The third-order valence-electron chi connectivity index (χ3n) is 6.04. The molecule has 0 radical (unpaired) electrons. The number of hydrogen-bond donors (Lipinski definition) is 0. The van der Waals surface area contributed by atoms with E-state index in [1.165, 1.54) is 25.5 Å². The lowest BCUT2D eigenvalue weighted by Gasteiger charge is -2.35. The van der Waals surface area contributed by atoms with Crippen LogP contribution in [-0.4, -0.2) is 39.1 Å². The quantitative estimate of drug-likeness (QED) is 0.711. The van der Waals surface area contributed by atoms with E-state index in [1.54, 1.807) is 14.2 Å². The number of nitrogens with zero attached hydrogens (tertiary/aromatic N) is 1. The summed E-state index contributed by atoms with van der Waals surface area (Å²) >= 11 is 0. The van der Waals surface area contributed by atoms with E-state index in [2.05, 4.69) is 12.1 Å².